The lowest BCUT2D eigenvalue weighted by Gasteiger charge is -2.17. The summed E-state index contributed by atoms with van der Waals surface area (Å²) >= 11 is 1.72. The number of benzene rings is 1. The van der Waals surface area contributed by atoms with Crippen LogP contribution < -0.4 is 5.73 Å². The summed E-state index contributed by atoms with van der Waals surface area (Å²) in [5.74, 6) is 0. The van der Waals surface area contributed by atoms with Crippen LogP contribution in [0.1, 0.15) is 25.5 Å². The first-order valence-corrected chi connectivity index (χ1v) is 6.37. The second kappa shape index (κ2) is 6.16. The van der Waals surface area contributed by atoms with Crippen LogP contribution in [0.5, 0.6) is 0 Å². The van der Waals surface area contributed by atoms with Crippen molar-refractivity contribution in [2.24, 2.45) is 5.73 Å². The maximum atomic E-state index is 6.08. The Hall–Kier alpha value is -0.510. The molecule has 0 radical (unpaired) electrons. The lowest BCUT2D eigenvalue weighted by molar-refractivity contribution is 0.0679. The molecule has 3 heteroatoms. The first-order valence-electron chi connectivity index (χ1n) is 5.15. The van der Waals surface area contributed by atoms with Crippen molar-refractivity contribution >= 4 is 11.8 Å². The Bertz CT molecular complexity index is 301. The van der Waals surface area contributed by atoms with Gasteiger partial charge in [-0.1, -0.05) is 18.2 Å². The first-order chi connectivity index (χ1) is 7.15. The van der Waals surface area contributed by atoms with Crippen molar-refractivity contribution in [1.82, 2.24) is 0 Å². The number of thioether (sulfide) groups is 1. The number of ether oxygens (including phenoxy) is 1. The Kier molecular flexibility index (Phi) is 5.15. The fourth-order valence-corrected chi connectivity index (χ4v) is 2.03. The predicted molar refractivity (Wildman–Crippen MR) is 66.2 cm³/mol. The summed E-state index contributed by atoms with van der Waals surface area (Å²) in [4.78, 5) is 1.23. The lowest BCUT2D eigenvalue weighted by atomic mass is 10.1. The van der Waals surface area contributed by atoms with Gasteiger partial charge in [0, 0.05) is 4.90 Å². The minimum absolute atomic E-state index is 0.0314. The lowest BCUT2D eigenvalue weighted by Crippen LogP contribution is -2.20. The van der Waals surface area contributed by atoms with Gasteiger partial charge in [-0.05, 0) is 31.7 Å². The maximum Gasteiger partial charge on any atom is 0.0663 e. The second-order valence-electron chi connectivity index (χ2n) is 3.73. The van der Waals surface area contributed by atoms with Crippen LogP contribution in [0.25, 0.3) is 0 Å². The molecule has 1 aromatic carbocycles. The molecule has 84 valence electrons. The van der Waals surface area contributed by atoms with Gasteiger partial charge in [0.25, 0.3) is 0 Å². The van der Waals surface area contributed by atoms with Crippen LogP contribution in [0.3, 0.4) is 0 Å². The summed E-state index contributed by atoms with van der Waals surface area (Å²) in [7, 11) is 0. The molecule has 0 amide bonds. The van der Waals surface area contributed by atoms with E-state index in [1.54, 1.807) is 11.8 Å². The maximum absolute atomic E-state index is 6.08. The van der Waals surface area contributed by atoms with E-state index in [-0.39, 0.29) is 12.1 Å². The third kappa shape index (κ3) is 3.86. The van der Waals surface area contributed by atoms with Crippen molar-refractivity contribution < 1.29 is 4.74 Å². The third-order valence-electron chi connectivity index (χ3n) is 2.15. The summed E-state index contributed by atoms with van der Waals surface area (Å²) in [6, 6.07) is 8.18. The molecule has 0 saturated heterocycles. The highest BCUT2D eigenvalue weighted by molar-refractivity contribution is 7.98. The Morgan fingerprint density at radius 1 is 1.33 bits per heavy atom. The van der Waals surface area contributed by atoms with Crippen LogP contribution in [0.4, 0.5) is 0 Å². The number of nitrogens with two attached hydrogens (primary N) is 1. The average Bonchev–Trinajstić information content (AvgIpc) is 2.25. The van der Waals surface area contributed by atoms with Gasteiger partial charge in [0.2, 0.25) is 0 Å². The molecule has 1 atom stereocenters. The van der Waals surface area contributed by atoms with E-state index in [9.17, 15) is 0 Å². The standard InChI is InChI=1S/C12H19NOS/c1-9(2)14-8-11(13)10-6-4-5-7-12(10)15-3/h4-7,9,11H,8,13H2,1-3H3. The fourth-order valence-electron chi connectivity index (χ4n) is 1.36. The first kappa shape index (κ1) is 12.6. The topological polar surface area (TPSA) is 35.2 Å². The van der Waals surface area contributed by atoms with Crippen molar-refractivity contribution in [3.8, 4) is 0 Å². The molecule has 0 aromatic heterocycles. The Morgan fingerprint density at radius 2 is 2.00 bits per heavy atom. The van der Waals surface area contributed by atoms with E-state index in [0.29, 0.717) is 6.61 Å². The number of hydrogen-bond donors (Lipinski definition) is 1. The van der Waals surface area contributed by atoms with E-state index >= 15 is 0 Å². The molecular formula is C12H19NOS. The molecule has 1 rings (SSSR count). The molecule has 0 aliphatic rings. The van der Waals surface area contributed by atoms with Crippen LogP contribution in [0.15, 0.2) is 29.2 Å². The smallest absolute Gasteiger partial charge is 0.0663 e. The monoisotopic (exact) mass is 225 g/mol. The third-order valence-corrected chi connectivity index (χ3v) is 2.96. The Balaban J connectivity index is 2.68. The molecule has 0 fully saturated rings. The minimum Gasteiger partial charge on any atom is -0.377 e. The van der Waals surface area contributed by atoms with E-state index < -0.39 is 0 Å². The van der Waals surface area contributed by atoms with Gasteiger partial charge >= 0.3 is 0 Å². The quantitative estimate of drug-likeness (QED) is 0.783. The Morgan fingerprint density at radius 3 is 2.60 bits per heavy atom. The van der Waals surface area contributed by atoms with Gasteiger partial charge in [0.1, 0.15) is 0 Å². The summed E-state index contributed by atoms with van der Waals surface area (Å²) in [6.45, 7) is 4.62. The zero-order chi connectivity index (χ0) is 11.3. The van der Waals surface area contributed by atoms with E-state index in [4.69, 9.17) is 10.5 Å². The zero-order valence-corrected chi connectivity index (χ0v) is 10.4. The van der Waals surface area contributed by atoms with Crippen molar-refractivity contribution in [1.29, 1.82) is 0 Å². The summed E-state index contributed by atoms with van der Waals surface area (Å²) < 4.78 is 5.52. The SMILES string of the molecule is CSc1ccccc1C(N)COC(C)C. The Labute approximate surface area is 96.2 Å². The van der Waals surface area contributed by atoms with Crippen molar-refractivity contribution in [3.05, 3.63) is 29.8 Å². The summed E-state index contributed by atoms with van der Waals surface area (Å²) in [5, 5.41) is 0. The number of hydrogen-bond acceptors (Lipinski definition) is 3. The van der Waals surface area contributed by atoms with E-state index in [1.807, 2.05) is 26.0 Å². The second-order valence-corrected chi connectivity index (χ2v) is 4.58. The molecule has 0 saturated carbocycles. The predicted octanol–water partition coefficient (Wildman–Crippen LogP) is 2.83. The minimum atomic E-state index is -0.0314. The molecule has 15 heavy (non-hydrogen) atoms. The van der Waals surface area contributed by atoms with Gasteiger partial charge in [-0.15, -0.1) is 11.8 Å². The van der Waals surface area contributed by atoms with E-state index in [1.165, 1.54) is 10.5 Å². The molecule has 0 aliphatic heterocycles. The molecule has 0 bridgehead atoms. The molecule has 0 spiro atoms. The highest BCUT2D eigenvalue weighted by atomic mass is 32.2. The largest absolute Gasteiger partial charge is 0.377 e. The van der Waals surface area contributed by atoms with Crippen LogP contribution in [0, 0.1) is 0 Å². The molecule has 0 heterocycles. The number of rotatable bonds is 5. The van der Waals surface area contributed by atoms with Gasteiger partial charge in [-0.2, -0.15) is 0 Å². The van der Waals surface area contributed by atoms with Crippen molar-refractivity contribution in [2.45, 2.75) is 30.9 Å². The van der Waals surface area contributed by atoms with E-state index in [2.05, 4.69) is 18.4 Å². The van der Waals surface area contributed by atoms with Crippen LogP contribution in [-0.2, 0) is 4.74 Å². The van der Waals surface area contributed by atoms with Gasteiger partial charge < -0.3 is 10.5 Å². The highest BCUT2D eigenvalue weighted by Gasteiger charge is 2.10. The van der Waals surface area contributed by atoms with Crippen molar-refractivity contribution in [2.75, 3.05) is 12.9 Å². The molecule has 0 aliphatic carbocycles. The molecule has 1 aromatic rings. The van der Waals surface area contributed by atoms with Crippen LogP contribution in [0.2, 0.25) is 0 Å². The van der Waals surface area contributed by atoms with Gasteiger partial charge in [0.05, 0.1) is 18.8 Å². The van der Waals surface area contributed by atoms with Crippen molar-refractivity contribution in [3.63, 3.8) is 0 Å². The molecule has 2 nitrogen and oxygen atoms in total. The van der Waals surface area contributed by atoms with Gasteiger partial charge in [0.15, 0.2) is 0 Å². The molecule has 2 N–H and O–H groups in total. The van der Waals surface area contributed by atoms with Crippen LogP contribution >= 0.6 is 11.8 Å². The van der Waals surface area contributed by atoms with E-state index in [0.717, 1.165) is 0 Å². The highest BCUT2D eigenvalue weighted by Crippen LogP contribution is 2.24. The van der Waals surface area contributed by atoms with Gasteiger partial charge in [-0.25, -0.2) is 0 Å². The summed E-state index contributed by atoms with van der Waals surface area (Å²) in [5.41, 5.74) is 7.25. The normalized spacial score (nSPS) is 13.1. The average molecular weight is 225 g/mol. The fraction of sp³-hybridized carbons (Fsp3) is 0.500. The van der Waals surface area contributed by atoms with Gasteiger partial charge in [-0.3, -0.25) is 0 Å². The molecule has 1 unspecified atom stereocenters. The molecular weight excluding hydrogens is 206 g/mol. The van der Waals surface area contributed by atoms with Crippen LogP contribution in [-0.4, -0.2) is 19.0 Å². The zero-order valence-electron chi connectivity index (χ0n) is 9.57. The summed E-state index contributed by atoms with van der Waals surface area (Å²) in [6.07, 6.45) is 2.30.